The Morgan fingerprint density at radius 1 is 0.684 bits per heavy atom. The van der Waals surface area contributed by atoms with E-state index in [9.17, 15) is 0 Å². The monoisotopic (exact) mass is 304 g/mol. The molecule has 0 aromatic carbocycles. The quantitative estimate of drug-likeness (QED) is 0.341. The summed E-state index contributed by atoms with van der Waals surface area (Å²) in [7, 11) is 0. The van der Waals surface area contributed by atoms with Crippen LogP contribution in [0.25, 0.3) is 43.3 Å². The van der Waals surface area contributed by atoms with Crippen molar-refractivity contribution >= 4 is 0 Å². The molecule has 8 nitrogen and oxygen atoms in total. The van der Waals surface area contributed by atoms with E-state index in [4.69, 9.17) is 22.1 Å². The van der Waals surface area contributed by atoms with Crippen molar-refractivity contribution in [2.45, 2.75) is 0 Å². The Kier molecular flexibility index (Phi) is 13.5. The SMILES string of the molecule is [N-]=[N+]=[N-].[N-]=[N+]=[N-].[Zn+2].c1ccc(-c2ccccn2)nc1. The average Bonchev–Trinajstić information content (AvgIpc) is 2.43. The third-order valence-corrected chi connectivity index (χ3v) is 1.59. The van der Waals surface area contributed by atoms with Crippen LogP contribution in [0.2, 0.25) is 0 Å². The van der Waals surface area contributed by atoms with Gasteiger partial charge in [-0.3, -0.25) is 19.8 Å². The van der Waals surface area contributed by atoms with Gasteiger partial charge >= 0.3 is 19.5 Å². The maximum absolute atomic E-state index is 6.75. The number of hydrogen-bond acceptors (Lipinski definition) is 2. The van der Waals surface area contributed by atoms with Crippen LogP contribution in [0, 0.1) is 0 Å². The van der Waals surface area contributed by atoms with Crippen molar-refractivity contribution in [1.82, 2.24) is 9.97 Å². The molecule has 0 saturated carbocycles. The van der Waals surface area contributed by atoms with Gasteiger partial charge in [0.2, 0.25) is 0 Å². The van der Waals surface area contributed by atoms with Gasteiger partial charge in [0.25, 0.3) is 0 Å². The molecule has 0 N–H and O–H groups in total. The van der Waals surface area contributed by atoms with Crippen LogP contribution in [-0.4, -0.2) is 9.97 Å². The van der Waals surface area contributed by atoms with Gasteiger partial charge in [0.15, 0.2) is 0 Å². The fourth-order valence-corrected chi connectivity index (χ4v) is 1.03. The molecule has 0 saturated heterocycles. The predicted octanol–water partition coefficient (Wildman–Crippen LogP) is 3.87. The van der Waals surface area contributed by atoms with Crippen LogP contribution in [0.1, 0.15) is 0 Å². The van der Waals surface area contributed by atoms with Crippen LogP contribution in [0.3, 0.4) is 0 Å². The van der Waals surface area contributed by atoms with Crippen molar-refractivity contribution in [3.8, 4) is 11.4 Å². The largest absolute Gasteiger partial charge is 2.00 e. The summed E-state index contributed by atoms with van der Waals surface area (Å²) in [5.41, 5.74) is 28.8. The molecule has 90 valence electrons. The van der Waals surface area contributed by atoms with E-state index in [-0.39, 0.29) is 19.5 Å². The number of rotatable bonds is 1. The molecule has 0 fully saturated rings. The topological polar surface area (TPSA) is 143 Å². The molecule has 2 heterocycles. The van der Waals surface area contributed by atoms with Gasteiger partial charge in [-0.05, 0) is 24.3 Å². The molecular weight excluding hydrogens is 298 g/mol. The van der Waals surface area contributed by atoms with Crippen LogP contribution in [-0.2, 0) is 19.5 Å². The first-order valence-corrected chi connectivity index (χ1v) is 4.59. The molecule has 0 amide bonds. The molecule has 0 bridgehead atoms. The van der Waals surface area contributed by atoms with Gasteiger partial charge < -0.3 is 22.1 Å². The predicted molar refractivity (Wildman–Crippen MR) is 67.6 cm³/mol. The standard InChI is InChI=1S/C10H8N2.2N3.Zn/c1-3-7-11-9(5-1)10-6-2-4-8-12-10;2*1-3-2;/h1-8H;;;/q;2*-1;+2. The van der Waals surface area contributed by atoms with E-state index >= 15 is 0 Å². The maximum atomic E-state index is 6.75. The van der Waals surface area contributed by atoms with E-state index in [0.29, 0.717) is 0 Å². The normalized spacial score (nSPS) is 6.95. The van der Waals surface area contributed by atoms with Gasteiger partial charge in [-0.1, -0.05) is 12.1 Å². The van der Waals surface area contributed by atoms with Gasteiger partial charge in [0.05, 0.1) is 11.4 Å². The first-order chi connectivity index (χ1) is 8.79. The Bertz CT molecular complexity index is 454. The summed E-state index contributed by atoms with van der Waals surface area (Å²) in [6.45, 7) is 0. The first-order valence-electron chi connectivity index (χ1n) is 4.59. The second kappa shape index (κ2) is 13.6. The van der Waals surface area contributed by atoms with Gasteiger partial charge in [-0.2, -0.15) is 0 Å². The van der Waals surface area contributed by atoms with E-state index in [2.05, 4.69) is 9.97 Å². The van der Waals surface area contributed by atoms with Crippen LogP contribution in [0.4, 0.5) is 0 Å². The van der Waals surface area contributed by atoms with E-state index in [1.165, 1.54) is 9.82 Å². The minimum atomic E-state index is 0. The molecule has 19 heavy (non-hydrogen) atoms. The minimum absolute atomic E-state index is 0. The molecule has 0 radical (unpaired) electrons. The molecule has 0 aliphatic rings. The van der Waals surface area contributed by atoms with E-state index < -0.39 is 0 Å². The van der Waals surface area contributed by atoms with E-state index in [1.54, 1.807) is 12.4 Å². The molecule has 0 atom stereocenters. The van der Waals surface area contributed by atoms with Crippen molar-refractivity contribution in [3.05, 3.63) is 80.7 Å². The molecule has 2 aromatic rings. The van der Waals surface area contributed by atoms with Gasteiger partial charge in [0, 0.05) is 12.4 Å². The number of aromatic nitrogens is 2. The summed E-state index contributed by atoms with van der Waals surface area (Å²) < 4.78 is 0. The van der Waals surface area contributed by atoms with Gasteiger partial charge in [0.1, 0.15) is 0 Å². The van der Waals surface area contributed by atoms with Gasteiger partial charge in [-0.15, -0.1) is 0 Å². The second-order valence-electron chi connectivity index (χ2n) is 2.61. The van der Waals surface area contributed by atoms with Crippen molar-refractivity contribution in [3.63, 3.8) is 0 Å². The molecule has 0 spiro atoms. The van der Waals surface area contributed by atoms with Crippen LogP contribution in [0.5, 0.6) is 0 Å². The zero-order valence-electron chi connectivity index (χ0n) is 9.90. The Morgan fingerprint density at radius 3 is 1.21 bits per heavy atom. The van der Waals surface area contributed by atoms with Crippen LogP contribution in [0.15, 0.2) is 48.8 Å². The third-order valence-electron chi connectivity index (χ3n) is 1.59. The summed E-state index contributed by atoms with van der Waals surface area (Å²) in [4.78, 5) is 11.4. The van der Waals surface area contributed by atoms with E-state index in [0.717, 1.165) is 11.4 Å². The maximum Gasteiger partial charge on any atom is 2.00 e. The zero-order chi connectivity index (χ0) is 13.6. The molecule has 2 rings (SSSR count). The second-order valence-corrected chi connectivity index (χ2v) is 2.61. The molecule has 9 heteroatoms. The Balaban J connectivity index is 0. The average molecular weight is 306 g/mol. The smallest absolute Gasteiger partial charge is 0.373 e. The first kappa shape index (κ1) is 18.9. The number of nitrogens with zero attached hydrogens (tertiary/aromatic N) is 8. The fraction of sp³-hybridized carbons (Fsp3) is 0. The Hall–Kier alpha value is -2.46. The summed E-state index contributed by atoms with van der Waals surface area (Å²) in [5.74, 6) is 0. The summed E-state index contributed by atoms with van der Waals surface area (Å²) in [5, 5.41) is 0. The van der Waals surface area contributed by atoms with E-state index in [1.807, 2.05) is 36.4 Å². The molecular formula is C10H8N8Zn. The molecule has 0 aliphatic heterocycles. The fourth-order valence-electron chi connectivity index (χ4n) is 1.03. The van der Waals surface area contributed by atoms with Crippen molar-refractivity contribution in [1.29, 1.82) is 0 Å². The summed E-state index contributed by atoms with van der Waals surface area (Å²) in [6, 6.07) is 11.6. The molecule has 0 aliphatic carbocycles. The summed E-state index contributed by atoms with van der Waals surface area (Å²) in [6.07, 6.45) is 3.54. The van der Waals surface area contributed by atoms with Crippen LogP contribution < -0.4 is 0 Å². The zero-order valence-corrected chi connectivity index (χ0v) is 12.9. The van der Waals surface area contributed by atoms with Gasteiger partial charge in [-0.25, -0.2) is 0 Å². The molecule has 0 unspecified atom stereocenters. The van der Waals surface area contributed by atoms with Crippen LogP contribution >= 0.6 is 0 Å². The molecule has 2 aromatic heterocycles. The number of pyridine rings is 2. The van der Waals surface area contributed by atoms with Crippen molar-refractivity contribution in [2.75, 3.05) is 0 Å². The number of hydrogen-bond donors (Lipinski definition) is 0. The minimum Gasteiger partial charge on any atom is -0.373 e. The van der Waals surface area contributed by atoms with Crippen molar-refractivity contribution < 1.29 is 19.5 Å². The Labute approximate surface area is 122 Å². The summed E-state index contributed by atoms with van der Waals surface area (Å²) >= 11 is 0. The van der Waals surface area contributed by atoms with Crippen molar-refractivity contribution in [2.24, 2.45) is 0 Å². The Morgan fingerprint density at radius 2 is 1.00 bits per heavy atom. The third kappa shape index (κ3) is 9.26.